The Morgan fingerprint density at radius 3 is 2.33 bits per heavy atom. The first kappa shape index (κ1) is 25.9. The van der Waals surface area contributed by atoms with Crippen LogP contribution in [0.3, 0.4) is 0 Å². The van der Waals surface area contributed by atoms with Crippen molar-refractivity contribution in [3.05, 3.63) is 0 Å². The number of fused-ring (bicyclic) bond motifs is 5. The second kappa shape index (κ2) is 9.07. The van der Waals surface area contributed by atoms with Crippen molar-refractivity contribution >= 4 is 10.1 Å². The van der Waals surface area contributed by atoms with Gasteiger partial charge in [-0.2, -0.15) is 8.42 Å². The summed E-state index contributed by atoms with van der Waals surface area (Å²) in [5.41, 5.74) is -0.450. The van der Waals surface area contributed by atoms with E-state index >= 15 is 0 Å². The molecule has 33 heavy (non-hydrogen) atoms. The molecule has 4 fully saturated rings. The number of hydrogen-bond donors (Lipinski definition) is 1. The van der Waals surface area contributed by atoms with Crippen LogP contribution < -0.4 is 0 Å². The van der Waals surface area contributed by atoms with Gasteiger partial charge in [0, 0.05) is 6.42 Å². The average molecular weight is 483 g/mol. The molecule has 0 heterocycles. The van der Waals surface area contributed by atoms with E-state index in [-0.39, 0.29) is 11.5 Å². The van der Waals surface area contributed by atoms with Gasteiger partial charge in [0.2, 0.25) is 0 Å². The second-order valence-corrected chi connectivity index (χ2v) is 15.2. The van der Waals surface area contributed by atoms with Crippen LogP contribution in [0.2, 0.25) is 0 Å². The van der Waals surface area contributed by atoms with Crippen LogP contribution in [-0.2, 0) is 14.3 Å². The minimum absolute atomic E-state index is 0.115. The van der Waals surface area contributed by atoms with Crippen molar-refractivity contribution < 1.29 is 17.7 Å². The van der Waals surface area contributed by atoms with Crippen molar-refractivity contribution in [1.29, 1.82) is 0 Å². The standard InChI is InChI=1S/C28H50O4S/c1-19(2)8-7-9-20(3)23-10-11-24-22-13-17-28(29)18-21(32-33(6,30)31)12-16-27(28,5)25(22)14-15-26(23,24)4/h19-25,29H,7-18H2,1-6H3/t20-,21?,22?,23?,24?,25?,26?,27?,28-/m1/s1. The van der Waals surface area contributed by atoms with Gasteiger partial charge >= 0.3 is 0 Å². The van der Waals surface area contributed by atoms with E-state index in [0.29, 0.717) is 23.7 Å². The van der Waals surface area contributed by atoms with Gasteiger partial charge in [0.1, 0.15) is 0 Å². The highest BCUT2D eigenvalue weighted by molar-refractivity contribution is 7.86. The Morgan fingerprint density at radius 1 is 0.939 bits per heavy atom. The van der Waals surface area contributed by atoms with Crippen molar-refractivity contribution in [3.63, 3.8) is 0 Å². The summed E-state index contributed by atoms with van der Waals surface area (Å²) < 4.78 is 28.8. The number of hydrogen-bond acceptors (Lipinski definition) is 4. The largest absolute Gasteiger partial charge is 0.389 e. The van der Waals surface area contributed by atoms with Gasteiger partial charge in [0.15, 0.2) is 0 Å². The molecule has 4 aliphatic carbocycles. The Bertz CT molecular complexity index is 809. The molecule has 192 valence electrons. The smallest absolute Gasteiger partial charge is 0.264 e. The topological polar surface area (TPSA) is 63.6 Å². The predicted octanol–water partition coefficient (Wildman–Crippen LogP) is 6.57. The van der Waals surface area contributed by atoms with Gasteiger partial charge < -0.3 is 5.11 Å². The van der Waals surface area contributed by atoms with Crippen molar-refractivity contribution in [1.82, 2.24) is 0 Å². The van der Waals surface area contributed by atoms with Gasteiger partial charge in [-0.1, -0.05) is 53.9 Å². The van der Waals surface area contributed by atoms with Crippen molar-refractivity contribution in [2.24, 2.45) is 46.3 Å². The molecular formula is C28H50O4S. The van der Waals surface area contributed by atoms with Gasteiger partial charge in [0.05, 0.1) is 18.0 Å². The van der Waals surface area contributed by atoms with Crippen molar-refractivity contribution in [2.45, 2.75) is 123 Å². The maximum Gasteiger partial charge on any atom is 0.264 e. The lowest BCUT2D eigenvalue weighted by molar-refractivity contribution is -0.217. The van der Waals surface area contributed by atoms with Crippen LogP contribution in [0.25, 0.3) is 0 Å². The van der Waals surface area contributed by atoms with E-state index in [1.165, 1.54) is 44.9 Å². The predicted molar refractivity (Wildman–Crippen MR) is 134 cm³/mol. The normalized spacial score (nSPS) is 46.5. The Balaban J connectivity index is 1.47. The zero-order chi connectivity index (χ0) is 24.2. The Hall–Kier alpha value is -0.130. The summed E-state index contributed by atoms with van der Waals surface area (Å²) >= 11 is 0. The highest BCUT2D eigenvalue weighted by atomic mass is 32.2. The lowest BCUT2D eigenvalue weighted by Crippen LogP contribution is -2.63. The fourth-order valence-corrected chi connectivity index (χ4v) is 10.2. The molecule has 5 heteroatoms. The fraction of sp³-hybridized carbons (Fsp3) is 1.00. The van der Waals surface area contributed by atoms with Crippen LogP contribution in [0.1, 0.15) is 112 Å². The molecule has 4 aliphatic rings. The molecule has 4 nitrogen and oxygen atoms in total. The fourth-order valence-electron chi connectivity index (χ4n) is 9.56. The monoisotopic (exact) mass is 482 g/mol. The molecular weight excluding hydrogens is 432 g/mol. The van der Waals surface area contributed by atoms with Gasteiger partial charge in [-0.05, 0) is 97.7 Å². The molecule has 0 aromatic carbocycles. The summed E-state index contributed by atoms with van der Waals surface area (Å²) in [5, 5.41) is 11.9. The summed E-state index contributed by atoms with van der Waals surface area (Å²) in [5.74, 6) is 4.54. The van der Waals surface area contributed by atoms with E-state index in [1.807, 2.05) is 0 Å². The summed E-state index contributed by atoms with van der Waals surface area (Å²) in [4.78, 5) is 0. The molecule has 0 aromatic rings. The Morgan fingerprint density at radius 2 is 1.67 bits per heavy atom. The molecule has 0 radical (unpaired) electrons. The summed E-state index contributed by atoms with van der Waals surface area (Å²) in [6, 6.07) is 0. The molecule has 1 N–H and O–H groups in total. The van der Waals surface area contributed by atoms with Crippen LogP contribution in [0, 0.1) is 46.3 Å². The first-order valence-electron chi connectivity index (χ1n) is 13.9. The number of aliphatic hydroxyl groups is 1. The van der Waals surface area contributed by atoms with E-state index < -0.39 is 15.7 Å². The zero-order valence-electron chi connectivity index (χ0n) is 22.1. The lowest BCUT2D eigenvalue weighted by atomic mass is 9.43. The van der Waals surface area contributed by atoms with Gasteiger partial charge in [0.25, 0.3) is 10.1 Å². The Labute approximate surface area is 203 Å². The molecule has 4 saturated carbocycles. The maximum absolute atomic E-state index is 11.9. The van der Waals surface area contributed by atoms with Crippen LogP contribution in [-0.4, -0.2) is 31.5 Å². The maximum atomic E-state index is 11.9. The van der Waals surface area contributed by atoms with Crippen LogP contribution in [0.5, 0.6) is 0 Å². The summed E-state index contributed by atoms with van der Waals surface area (Å²) in [7, 11) is -3.49. The average Bonchev–Trinajstić information content (AvgIpc) is 3.04. The highest BCUT2D eigenvalue weighted by Gasteiger charge is 2.64. The van der Waals surface area contributed by atoms with Crippen LogP contribution >= 0.6 is 0 Å². The van der Waals surface area contributed by atoms with Crippen LogP contribution in [0.4, 0.5) is 0 Å². The third-order valence-electron chi connectivity index (χ3n) is 11.3. The van der Waals surface area contributed by atoms with E-state index in [2.05, 4.69) is 34.6 Å². The molecule has 7 unspecified atom stereocenters. The van der Waals surface area contributed by atoms with Crippen LogP contribution in [0.15, 0.2) is 0 Å². The molecule has 0 saturated heterocycles. The first-order chi connectivity index (χ1) is 15.3. The SMILES string of the molecule is CC(C)CCC[C@@H](C)C1CCC2C3CC[C@@]4(O)CC(OS(C)(=O)=O)CCC4(C)C3CCC21C. The quantitative estimate of drug-likeness (QED) is 0.417. The first-order valence-corrected chi connectivity index (χ1v) is 15.7. The Kier molecular flexibility index (Phi) is 7.13. The summed E-state index contributed by atoms with van der Waals surface area (Å²) in [6.45, 7) is 12.1. The van der Waals surface area contributed by atoms with E-state index in [9.17, 15) is 13.5 Å². The lowest BCUT2D eigenvalue weighted by Gasteiger charge is -2.64. The highest BCUT2D eigenvalue weighted by Crippen LogP contribution is 2.69. The summed E-state index contributed by atoms with van der Waals surface area (Å²) in [6.07, 6.45) is 14.1. The molecule has 0 spiro atoms. The molecule has 0 aliphatic heterocycles. The van der Waals surface area contributed by atoms with Crippen molar-refractivity contribution in [2.75, 3.05) is 6.26 Å². The minimum atomic E-state index is -3.49. The van der Waals surface area contributed by atoms with Gasteiger partial charge in [-0.25, -0.2) is 0 Å². The third kappa shape index (κ3) is 4.69. The molecule has 0 bridgehead atoms. The number of rotatable bonds is 7. The molecule has 0 aromatic heterocycles. The minimum Gasteiger partial charge on any atom is -0.389 e. The molecule has 0 amide bonds. The second-order valence-electron chi connectivity index (χ2n) is 13.6. The molecule has 9 atom stereocenters. The zero-order valence-corrected chi connectivity index (χ0v) is 22.9. The van der Waals surface area contributed by atoms with E-state index in [1.54, 1.807) is 0 Å². The van der Waals surface area contributed by atoms with E-state index in [0.717, 1.165) is 55.6 Å². The van der Waals surface area contributed by atoms with Gasteiger partial charge in [-0.3, -0.25) is 4.18 Å². The van der Waals surface area contributed by atoms with E-state index in [4.69, 9.17) is 4.18 Å². The third-order valence-corrected chi connectivity index (χ3v) is 11.9. The van der Waals surface area contributed by atoms with Gasteiger partial charge in [-0.15, -0.1) is 0 Å². The molecule has 4 rings (SSSR count). The van der Waals surface area contributed by atoms with Crippen molar-refractivity contribution in [3.8, 4) is 0 Å².